The highest BCUT2D eigenvalue weighted by Gasteiger charge is 2.29. The van der Waals surface area contributed by atoms with Gasteiger partial charge in [-0.3, -0.25) is 9.59 Å². The van der Waals surface area contributed by atoms with E-state index in [1.165, 1.54) is 13.3 Å². The van der Waals surface area contributed by atoms with Gasteiger partial charge in [-0.15, -0.1) is 0 Å². The number of hydrogen-bond donors (Lipinski definition) is 2. The van der Waals surface area contributed by atoms with Gasteiger partial charge in [0.2, 0.25) is 5.43 Å². The van der Waals surface area contributed by atoms with Gasteiger partial charge in [-0.25, -0.2) is 8.42 Å². The van der Waals surface area contributed by atoms with E-state index >= 15 is 0 Å². The number of amides is 1. The summed E-state index contributed by atoms with van der Waals surface area (Å²) >= 11 is 0. The Morgan fingerprint density at radius 3 is 2.79 bits per heavy atom. The third-order valence-electron chi connectivity index (χ3n) is 2.91. The molecule has 1 aliphatic rings. The number of nitrogens with one attached hydrogen (secondary N) is 2. The van der Waals surface area contributed by atoms with E-state index in [0.717, 1.165) is 6.07 Å². The van der Waals surface area contributed by atoms with Gasteiger partial charge in [-0.05, 0) is 6.42 Å². The van der Waals surface area contributed by atoms with Gasteiger partial charge in [0.15, 0.2) is 15.6 Å². The largest absolute Gasteiger partial charge is 0.491 e. The number of aromatic amines is 1. The number of rotatable bonds is 3. The fourth-order valence-electron chi connectivity index (χ4n) is 1.92. The molecule has 1 aromatic rings. The number of hydrogen-bond acceptors (Lipinski definition) is 5. The van der Waals surface area contributed by atoms with Crippen LogP contribution in [0.2, 0.25) is 0 Å². The Balaban J connectivity index is 2.09. The second kappa shape index (κ2) is 5.04. The lowest BCUT2D eigenvalue weighted by molar-refractivity contribution is 0.0936. The highest BCUT2D eigenvalue weighted by atomic mass is 32.2. The number of aromatic nitrogens is 1. The zero-order valence-corrected chi connectivity index (χ0v) is 11.1. The smallest absolute Gasteiger partial charge is 0.268 e. The summed E-state index contributed by atoms with van der Waals surface area (Å²) in [5.74, 6) is -0.363. The number of sulfone groups is 1. The molecule has 104 valence electrons. The van der Waals surface area contributed by atoms with Gasteiger partial charge in [0, 0.05) is 18.3 Å². The van der Waals surface area contributed by atoms with Crippen molar-refractivity contribution in [3.05, 3.63) is 28.2 Å². The molecular weight excluding hydrogens is 272 g/mol. The van der Waals surface area contributed by atoms with Gasteiger partial charge in [-0.2, -0.15) is 0 Å². The zero-order chi connectivity index (χ0) is 14.0. The van der Waals surface area contributed by atoms with Crippen LogP contribution in [0.1, 0.15) is 16.9 Å². The predicted molar refractivity (Wildman–Crippen MR) is 68.1 cm³/mol. The summed E-state index contributed by atoms with van der Waals surface area (Å²) in [5.41, 5.74) is -0.333. The van der Waals surface area contributed by atoms with E-state index in [4.69, 9.17) is 4.74 Å². The van der Waals surface area contributed by atoms with E-state index in [1.807, 2.05) is 0 Å². The van der Waals surface area contributed by atoms with Crippen molar-refractivity contribution in [3.63, 3.8) is 0 Å². The van der Waals surface area contributed by atoms with E-state index in [2.05, 4.69) is 10.3 Å². The quantitative estimate of drug-likeness (QED) is 0.764. The van der Waals surface area contributed by atoms with Crippen molar-refractivity contribution in [1.29, 1.82) is 0 Å². The van der Waals surface area contributed by atoms with Gasteiger partial charge >= 0.3 is 0 Å². The third kappa shape index (κ3) is 3.14. The second-order valence-corrected chi connectivity index (χ2v) is 6.58. The monoisotopic (exact) mass is 286 g/mol. The van der Waals surface area contributed by atoms with Crippen molar-refractivity contribution in [3.8, 4) is 5.75 Å². The van der Waals surface area contributed by atoms with Crippen molar-refractivity contribution < 1.29 is 17.9 Å². The Labute approximate surface area is 109 Å². The van der Waals surface area contributed by atoms with Crippen LogP contribution in [0.25, 0.3) is 0 Å². The molecule has 0 saturated carbocycles. The molecule has 8 heteroatoms. The lowest BCUT2D eigenvalue weighted by Gasteiger charge is -2.10. The molecule has 1 aliphatic heterocycles. The van der Waals surface area contributed by atoms with Crippen LogP contribution in [0.3, 0.4) is 0 Å². The molecule has 2 heterocycles. The van der Waals surface area contributed by atoms with Gasteiger partial charge in [0.05, 0.1) is 18.6 Å². The molecule has 1 atom stereocenters. The first-order valence-corrected chi connectivity index (χ1v) is 7.51. The van der Waals surface area contributed by atoms with E-state index in [0.29, 0.717) is 6.42 Å². The fraction of sp³-hybridized carbons (Fsp3) is 0.455. The van der Waals surface area contributed by atoms with Crippen LogP contribution in [0.4, 0.5) is 0 Å². The van der Waals surface area contributed by atoms with Gasteiger partial charge in [0.1, 0.15) is 5.69 Å². The molecule has 2 rings (SSSR count). The summed E-state index contributed by atoms with van der Waals surface area (Å²) in [6, 6.07) is 0.723. The fourth-order valence-corrected chi connectivity index (χ4v) is 3.59. The minimum Gasteiger partial charge on any atom is -0.491 e. The lowest BCUT2D eigenvalue weighted by atomic mass is 10.2. The van der Waals surface area contributed by atoms with Crippen molar-refractivity contribution in [2.45, 2.75) is 12.5 Å². The summed E-state index contributed by atoms with van der Waals surface area (Å²) < 4.78 is 27.3. The lowest BCUT2D eigenvalue weighted by Crippen LogP contribution is -2.36. The maximum absolute atomic E-state index is 11.8. The van der Waals surface area contributed by atoms with Crippen LogP contribution < -0.4 is 15.5 Å². The minimum atomic E-state index is -3.05. The maximum atomic E-state index is 11.8. The number of carbonyl (C=O) groups is 1. The second-order valence-electron chi connectivity index (χ2n) is 4.35. The molecule has 2 N–H and O–H groups in total. The van der Waals surface area contributed by atoms with E-state index < -0.39 is 27.2 Å². The molecule has 0 bridgehead atoms. The highest BCUT2D eigenvalue weighted by molar-refractivity contribution is 7.91. The first-order chi connectivity index (χ1) is 8.91. The number of H-pyrrole nitrogens is 1. The topological polar surface area (TPSA) is 105 Å². The Kier molecular flexibility index (Phi) is 3.61. The maximum Gasteiger partial charge on any atom is 0.268 e. The molecule has 0 spiro atoms. The minimum absolute atomic E-state index is 0.0564. The molecule has 1 saturated heterocycles. The summed E-state index contributed by atoms with van der Waals surface area (Å²) in [6.45, 7) is 0. The third-order valence-corrected chi connectivity index (χ3v) is 4.68. The predicted octanol–water partition coefficient (Wildman–Crippen LogP) is -0.700. The average Bonchev–Trinajstić information content (AvgIpc) is 2.68. The van der Waals surface area contributed by atoms with Crippen LogP contribution in [0.15, 0.2) is 17.1 Å². The average molecular weight is 286 g/mol. The molecule has 0 aliphatic carbocycles. The van der Waals surface area contributed by atoms with Crippen molar-refractivity contribution >= 4 is 15.7 Å². The van der Waals surface area contributed by atoms with Crippen molar-refractivity contribution in [2.24, 2.45) is 0 Å². The number of pyridine rings is 1. The summed E-state index contributed by atoms with van der Waals surface area (Å²) in [5, 5.41) is 2.59. The molecule has 7 nitrogen and oxygen atoms in total. The van der Waals surface area contributed by atoms with Gasteiger partial charge in [0.25, 0.3) is 5.91 Å². The summed E-state index contributed by atoms with van der Waals surface area (Å²) in [4.78, 5) is 26.0. The Hall–Kier alpha value is -1.83. The van der Waals surface area contributed by atoms with E-state index in [9.17, 15) is 18.0 Å². The van der Waals surface area contributed by atoms with E-state index in [1.54, 1.807) is 0 Å². The molecule has 0 radical (unpaired) electrons. The number of ether oxygens (including phenoxy) is 1. The van der Waals surface area contributed by atoms with Crippen LogP contribution >= 0.6 is 0 Å². The molecule has 0 aromatic carbocycles. The summed E-state index contributed by atoms with van der Waals surface area (Å²) in [6.07, 6.45) is 1.69. The Morgan fingerprint density at radius 1 is 1.53 bits per heavy atom. The Bertz CT molecular complexity index is 649. The summed E-state index contributed by atoms with van der Waals surface area (Å²) in [7, 11) is -1.69. The SMILES string of the molecule is COc1c[nH]c(C(=O)N[C@@H]2CCS(=O)(=O)C2)cc1=O. The van der Waals surface area contributed by atoms with E-state index in [-0.39, 0.29) is 22.9 Å². The van der Waals surface area contributed by atoms with Crippen molar-refractivity contribution in [2.75, 3.05) is 18.6 Å². The number of methoxy groups -OCH3 is 1. The molecule has 19 heavy (non-hydrogen) atoms. The Morgan fingerprint density at radius 2 is 2.26 bits per heavy atom. The molecule has 1 amide bonds. The van der Waals surface area contributed by atoms with Crippen molar-refractivity contribution in [1.82, 2.24) is 10.3 Å². The zero-order valence-electron chi connectivity index (χ0n) is 10.3. The molecule has 1 fully saturated rings. The number of carbonyl (C=O) groups excluding carboxylic acids is 1. The van der Waals surface area contributed by atoms with Gasteiger partial charge < -0.3 is 15.0 Å². The van der Waals surface area contributed by atoms with Crippen LogP contribution in [0, 0.1) is 0 Å². The normalized spacial score (nSPS) is 21.0. The van der Waals surface area contributed by atoms with Crippen LogP contribution in [-0.2, 0) is 9.84 Å². The highest BCUT2D eigenvalue weighted by Crippen LogP contribution is 2.11. The van der Waals surface area contributed by atoms with Gasteiger partial charge in [-0.1, -0.05) is 0 Å². The van der Waals surface area contributed by atoms with Crippen LogP contribution in [0.5, 0.6) is 5.75 Å². The standard InChI is InChI=1S/C11H14N2O5S/c1-18-10-5-12-8(4-9(10)14)11(15)13-7-2-3-19(16,17)6-7/h4-5,7H,2-3,6H2,1H3,(H,12,14)(H,13,15)/t7-/m1/s1. The first kappa shape index (κ1) is 13.6. The first-order valence-electron chi connectivity index (χ1n) is 5.69. The molecule has 1 aromatic heterocycles. The molecule has 0 unspecified atom stereocenters. The van der Waals surface area contributed by atoms with Crippen LogP contribution in [-0.4, -0.2) is 44.0 Å². The molecular formula is C11H14N2O5S.